The Bertz CT molecular complexity index is 687. The number of benzene rings is 2. The summed E-state index contributed by atoms with van der Waals surface area (Å²) in [7, 11) is 0. The maximum Gasteiger partial charge on any atom is 0.411 e. The predicted molar refractivity (Wildman–Crippen MR) is 105 cm³/mol. The average molecular weight is 360 g/mol. The summed E-state index contributed by atoms with van der Waals surface area (Å²) in [4.78, 5) is 12.3. The zero-order valence-electron chi connectivity index (χ0n) is 14.9. The summed E-state index contributed by atoms with van der Waals surface area (Å²) in [5, 5.41) is 3.54. The molecule has 0 spiro atoms. The normalized spacial score (nSPS) is 11.8. The monoisotopic (exact) mass is 359 g/mol. The van der Waals surface area contributed by atoms with Crippen LogP contribution in [-0.4, -0.2) is 12.2 Å². The fraction of sp³-hybridized carbons (Fsp3) is 0.381. The minimum Gasteiger partial charge on any atom is -0.446 e. The SMILES string of the molecule is CCCCCC(CC)OC(=O)Nc1ccccc1-c1cccc(Cl)c1. The number of carbonyl (C=O) groups excluding carboxylic acids is 1. The smallest absolute Gasteiger partial charge is 0.411 e. The Morgan fingerprint density at radius 3 is 2.64 bits per heavy atom. The summed E-state index contributed by atoms with van der Waals surface area (Å²) in [6.07, 6.45) is 4.71. The van der Waals surface area contributed by atoms with Crippen LogP contribution < -0.4 is 5.32 Å². The molecular formula is C21H26ClNO2. The first-order valence-corrected chi connectivity index (χ1v) is 9.34. The Kier molecular flexibility index (Phi) is 7.80. The Hall–Kier alpha value is -2.00. The number of amides is 1. The van der Waals surface area contributed by atoms with Gasteiger partial charge in [0.25, 0.3) is 0 Å². The fourth-order valence-electron chi connectivity index (χ4n) is 2.76. The topological polar surface area (TPSA) is 38.3 Å². The van der Waals surface area contributed by atoms with E-state index in [1.165, 1.54) is 6.42 Å². The van der Waals surface area contributed by atoms with Gasteiger partial charge in [0.15, 0.2) is 0 Å². The van der Waals surface area contributed by atoms with Crippen molar-refractivity contribution < 1.29 is 9.53 Å². The molecule has 134 valence electrons. The number of halogens is 1. The lowest BCUT2D eigenvalue weighted by Gasteiger charge is -2.17. The van der Waals surface area contributed by atoms with Crippen LogP contribution in [-0.2, 0) is 4.74 Å². The number of unbranched alkanes of at least 4 members (excludes halogenated alkanes) is 2. The number of hydrogen-bond donors (Lipinski definition) is 1. The highest BCUT2D eigenvalue weighted by atomic mass is 35.5. The molecule has 2 aromatic rings. The van der Waals surface area contributed by atoms with E-state index in [1.54, 1.807) is 0 Å². The first-order chi connectivity index (χ1) is 12.1. The molecule has 4 heteroatoms. The molecule has 0 saturated carbocycles. The van der Waals surface area contributed by atoms with Crippen LogP contribution in [0.5, 0.6) is 0 Å². The highest BCUT2D eigenvalue weighted by Gasteiger charge is 2.14. The highest BCUT2D eigenvalue weighted by Crippen LogP contribution is 2.29. The van der Waals surface area contributed by atoms with Gasteiger partial charge in [-0.3, -0.25) is 5.32 Å². The van der Waals surface area contributed by atoms with Gasteiger partial charge in [-0.25, -0.2) is 4.79 Å². The zero-order chi connectivity index (χ0) is 18.1. The second kappa shape index (κ2) is 10.1. The molecule has 25 heavy (non-hydrogen) atoms. The largest absolute Gasteiger partial charge is 0.446 e. The standard InChI is InChI=1S/C21H26ClNO2/c1-3-5-6-12-18(4-2)25-21(24)23-20-14-8-7-13-19(20)16-10-9-11-17(22)15-16/h7-11,13-15,18H,3-6,12H2,1-2H3,(H,23,24). The summed E-state index contributed by atoms with van der Waals surface area (Å²) in [5.74, 6) is 0. The van der Waals surface area contributed by atoms with E-state index in [-0.39, 0.29) is 6.10 Å². The number of nitrogens with one attached hydrogen (secondary N) is 1. The average Bonchev–Trinajstić information content (AvgIpc) is 2.61. The molecule has 0 saturated heterocycles. The van der Waals surface area contributed by atoms with Crippen molar-refractivity contribution in [1.29, 1.82) is 0 Å². The Balaban J connectivity index is 2.06. The molecule has 1 N–H and O–H groups in total. The summed E-state index contributed by atoms with van der Waals surface area (Å²) in [5.41, 5.74) is 2.59. The van der Waals surface area contributed by atoms with Gasteiger partial charge in [-0.15, -0.1) is 0 Å². The number of hydrogen-bond acceptors (Lipinski definition) is 2. The van der Waals surface area contributed by atoms with Crippen molar-refractivity contribution in [3.8, 4) is 11.1 Å². The van der Waals surface area contributed by atoms with Crippen molar-refractivity contribution in [3.05, 3.63) is 53.6 Å². The molecule has 0 aliphatic rings. The maximum atomic E-state index is 12.3. The van der Waals surface area contributed by atoms with E-state index in [9.17, 15) is 4.79 Å². The molecule has 1 atom stereocenters. The lowest BCUT2D eigenvalue weighted by Crippen LogP contribution is -2.22. The lowest BCUT2D eigenvalue weighted by atomic mass is 10.0. The first kappa shape index (κ1) is 19.3. The first-order valence-electron chi connectivity index (χ1n) is 8.96. The zero-order valence-corrected chi connectivity index (χ0v) is 15.7. The number of carbonyl (C=O) groups is 1. The van der Waals surface area contributed by atoms with Crippen LogP contribution in [0.15, 0.2) is 48.5 Å². The minimum absolute atomic E-state index is 0.0371. The van der Waals surface area contributed by atoms with Crippen LogP contribution in [0.3, 0.4) is 0 Å². The minimum atomic E-state index is -0.405. The van der Waals surface area contributed by atoms with Crippen LogP contribution >= 0.6 is 11.6 Å². The van der Waals surface area contributed by atoms with E-state index in [1.807, 2.05) is 55.5 Å². The van der Waals surface area contributed by atoms with Gasteiger partial charge in [0.1, 0.15) is 6.10 Å². The Labute approximate surface area is 155 Å². The highest BCUT2D eigenvalue weighted by molar-refractivity contribution is 6.30. The van der Waals surface area contributed by atoms with Crippen molar-refractivity contribution >= 4 is 23.4 Å². The van der Waals surface area contributed by atoms with Gasteiger partial charge >= 0.3 is 6.09 Å². The molecule has 3 nitrogen and oxygen atoms in total. The summed E-state index contributed by atoms with van der Waals surface area (Å²) in [6.45, 7) is 4.21. The van der Waals surface area contributed by atoms with Crippen LogP contribution in [0.1, 0.15) is 46.0 Å². The molecule has 0 aromatic heterocycles. The van der Waals surface area contributed by atoms with Gasteiger partial charge in [0.05, 0.1) is 5.69 Å². The van der Waals surface area contributed by atoms with Gasteiger partial charge in [0, 0.05) is 10.6 Å². The van der Waals surface area contributed by atoms with Gasteiger partial charge in [-0.05, 0) is 43.0 Å². The molecule has 0 bridgehead atoms. The molecule has 0 heterocycles. The van der Waals surface area contributed by atoms with E-state index in [0.717, 1.165) is 42.5 Å². The summed E-state index contributed by atoms with van der Waals surface area (Å²) in [6, 6.07) is 15.2. The van der Waals surface area contributed by atoms with E-state index in [4.69, 9.17) is 16.3 Å². The van der Waals surface area contributed by atoms with E-state index >= 15 is 0 Å². The maximum absolute atomic E-state index is 12.3. The number of ether oxygens (including phenoxy) is 1. The molecule has 0 radical (unpaired) electrons. The van der Waals surface area contributed by atoms with Crippen molar-refractivity contribution in [2.75, 3.05) is 5.32 Å². The molecule has 1 unspecified atom stereocenters. The fourth-order valence-corrected chi connectivity index (χ4v) is 2.95. The van der Waals surface area contributed by atoms with Gasteiger partial charge in [-0.1, -0.05) is 68.6 Å². The van der Waals surface area contributed by atoms with Crippen LogP contribution in [0, 0.1) is 0 Å². The number of para-hydroxylation sites is 1. The number of anilines is 1. The van der Waals surface area contributed by atoms with E-state index < -0.39 is 6.09 Å². The molecule has 1 amide bonds. The number of rotatable bonds is 8. The predicted octanol–water partition coefficient (Wildman–Crippen LogP) is 6.91. The van der Waals surface area contributed by atoms with Crippen LogP contribution in [0.4, 0.5) is 10.5 Å². The van der Waals surface area contributed by atoms with Gasteiger partial charge in [0.2, 0.25) is 0 Å². The quantitative estimate of drug-likeness (QED) is 0.520. The third-order valence-corrected chi connectivity index (χ3v) is 4.39. The molecule has 0 aliphatic carbocycles. The molecule has 0 fully saturated rings. The second-order valence-electron chi connectivity index (χ2n) is 6.11. The van der Waals surface area contributed by atoms with Crippen molar-refractivity contribution in [3.63, 3.8) is 0 Å². The van der Waals surface area contributed by atoms with E-state index in [2.05, 4.69) is 12.2 Å². The molecule has 2 aromatic carbocycles. The summed E-state index contributed by atoms with van der Waals surface area (Å²) < 4.78 is 5.59. The third kappa shape index (κ3) is 6.09. The van der Waals surface area contributed by atoms with Gasteiger partial charge in [-0.2, -0.15) is 0 Å². The Morgan fingerprint density at radius 2 is 1.92 bits per heavy atom. The lowest BCUT2D eigenvalue weighted by molar-refractivity contribution is 0.101. The third-order valence-electron chi connectivity index (χ3n) is 4.16. The summed E-state index contributed by atoms with van der Waals surface area (Å²) >= 11 is 6.09. The van der Waals surface area contributed by atoms with Gasteiger partial charge < -0.3 is 4.74 Å². The van der Waals surface area contributed by atoms with Crippen LogP contribution in [0.2, 0.25) is 5.02 Å². The molecule has 0 aliphatic heterocycles. The van der Waals surface area contributed by atoms with Crippen LogP contribution in [0.25, 0.3) is 11.1 Å². The van der Waals surface area contributed by atoms with Crippen molar-refractivity contribution in [2.45, 2.75) is 52.1 Å². The second-order valence-corrected chi connectivity index (χ2v) is 6.55. The Morgan fingerprint density at radius 1 is 1.12 bits per heavy atom. The molecular weight excluding hydrogens is 334 g/mol. The molecule has 2 rings (SSSR count). The van der Waals surface area contributed by atoms with Crippen molar-refractivity contribution in [1.82, 2.24) is 0 Å². The van der Waals surface area contributed by atoms with Crippen molar-refractivity contribution in [2.24, 2.45) is 0 Å². The van der Waals surface area contributed by atoms with E-state index in [0.29, 0.717) is 5.02 Å².